The van der Waals surface area contributed by atoms with Crippen LogP contribution in [0.2, 0.25) is 0 Å². The Labute approximate surface area is 128 Å². The Morgan fingerprint density at radius 1 is 1.32 bits per heavy atom. The number of carbonyl (C=O) groups excluding carboxylic acids is 2. The van der Waals surface area contributed by atoms with Crippen LogP contribution in [0.25, 0.3) is 11.0 Å². The molecule has 0 aliphatic rings. The molecule has 0 aliphatic heterocycles. The lowest BCUT2D eigenvalue weighted by molar-refractivity contribution is -0.129. The van der Waals surface area contributed by atoms with E-state index >= 15 is 0 Å². The minimum atomic E-state index is -1.61. The molecule has 1 heterocycles. The molecule has 0 aliphatic carbocycles. The van der Waals surface area contributed by atoms with E-state index in [2.05, 4.69) is 5.32 Å². The number of nitrogens with two attached hydrogens (primary N) is 1. The number of carbonyl (C=O) groups is 2. The molecule has 22 heavy (non-hydrogen) atoms. The Morgan fingerprint density at radius 2 is 2.00 bits per heavy atom. The monoisotopic (exact) mass is 304 g/mol. The number of para-hydroxylation sites is 1. The molecule has 1 aromatic heterocycles. The number of rotatable bonds is 6. The van der Waals surface area contributed by atoms with Gasteiger partial charge in [0.15, 0.2) is 17.8 Å². The first-order chi connectivity index (χ1) is 10.4. The zero-order chi connectivity index (χ0) is 16.3. The number of Topliss-reactive ketones (excluding diaryl/α,β-unsaturated/α-hetero) is 1. The van der Waals surface area contributed by atoms with Gasteiger partial charge in [-0.1, -0.05) is 32.0 Å². The van der Waals surface area contributed by atoms with E-state index in [0.717, 1.165) is 5.39 Å². The molecule has 0 bridgehead atoms. The van der Waals surface area contributed by atoms with Crippen molar-refractivity contribution in [3.63, 3.8) is 0 Å². The fourth-order valence-electron chi connectivity index (χ4n) is 2.25. The SMILES string of the molecule is CC(C)CC(NC(=O)c1cc2ccccc2o1)C(=O)C(N)O. The Morgan fingerprint density at radius 3 is 2.59 bits per heavy atom. The maximum absolute atomic E-state index is 12.3. The van der Waals surface area contributed by atoms with Crippen molar-refractivity contribution in [1.29, 1.82) is 0 Å². The van der Waals surface area contributed by atoms with Crippen molar-refractivity contribution in [3.05, 3.63) is 36.1 Å². The molecule has 2 unspecified atom stereocenters. The predicted octanol–water partition coefficient (Wildman–Crippen LogP) is 1.42. The molecule has 0 radical (unpaired) electrons. The molecule has 2 rings (SSSR count). The zero-order valence-corrected chi connectivity index (χ0v) is 12.6. The summed E-state index contributed by atoms with van der Waals surface area (Å²) >= 11 is 0. The summed E-state index contributed by atoms with van der Waals surface area (Å²) < 4.78 is 5.46. The van der Waals surface area contributed by atoms with Gasteiger partial charge in [-0.2, -0.15) is 0 Å². The summed E-state index contributed by atoms with van der Waals surface area (Å²) in [5.74, 6) is -0.841. The molecule has 0 saturated carbocycles. The highest BCUT2D eigenvalue weighted by molar-refractivity contribution is 5.99. The second kappa shape index (κ2) is 6.72. The van der Waals surface area contributed by atoms with E-state index in [1.807, 2.05) is 32.0 Å². The van der Waals surface area contributed by atoms with Crippen LogP contribution in [0.4, 0.5) is 0 Å². The number of fused-ring (bicyclic) bond motifs is 1. The molecular weight excluding hydrogens is 284 g/mol. The van der Waals surface area contributed by atoms with Crippen LogP contribution in [-0.4, -0.2) is 29.1 Å². The third-order valence-corrected chi connectivity index (χ3v) is 3.30. The van der Waals surface area contributed by atoms with Crippen molar-refractivity contribution in [2.75, 3.05) is 0 Å². The van der Waals surface area contributed by atoms with Gasteiger partial charge in [0.2, 0.25) is 0 Å². The van der Waals surface area contributed by atoms with Gasteiger partial charge in [-0.15, -0.1) is 0 Å². The summed E-state index contributed by atoms with van der Waals surface area (Å²) in [6, 6.07) is 8.00. The summed E-state index contributed by atoms with van der Waals surface area (Å²) in [6.45, 7) is 3.83. The normalized spacial score (nSPS) is 14.0. The van der Waals surface area contributed by atoms with Crippen LogP contribution < -0.4 is 11.1 Å². The van der Waals surface area contributed by atoms with Crippen LogP contribution >= 0.6 is 0 Å². The largest absolute Gasteiger partial charge is 0.451 e. The topological polar surface area (TPSA) is 106 Å². The summed E-state index contributed by atoms with van der Waals surface area (Å²) in [5.41, 5.74) is 5.82. The second-order valence-electron chi connectivity index (χ2n) is 5.65. The quantitative estimate of drug-likeness (QED) is 0.700. The van der Waals surface area contributed by atoms with Crippen LogP contribution in [0.15, 0.2) is 34.7 Å². The van der Waals surface area contributed by atoms with Crippen molar-refractivity contribution < 1.29 is 19.1 Å². The predicted molar refractivity (Wildman–Crippen MR) is 82.1 cm³/mol. The number of aliphatic hydroxyl groups is 1. The first-order valence-electron chi connectivity index (χ1n) is 7.15. The van der Waals surface area contributed by atoms with E-state index in [4.69, 9.17) is 10.2 Å². The molecular formula is C16H20N2O4. The van der Waals surface area contributed by atoms with Gasteiger partial charge in [0.1, 0.15) is 5.58 Å². The van der Waals surface area contributed by atoms with E-state index in [1.165, 1.54) is 0 Å². The smallest absolute Gasteiger partial charge is 0.287 e. The molecule has 6 nitrogen and oxygen atoms in total. The number of ketones is 1. The van der Waals surface area contributed by atoms with E-state index in [1.54, 1.807) is 12.1 Å². The van der Waals surface area contributed by atoms with Gasteiger partial charge in [0, 0.05) is 5.39 Å². The number of furan rings is 1. The van der Waals surface area contributed by atoms with E-state index in [-0.39, 0.29) is 11.7 Å². The van der Waals surface area contributed by atoms with Gasteiger partial charge in [0.25, 0.3) is 5.91 Å². The molecule has 4 N–H and O–H groups in total. The third kappa shape index (κ3) is 3.72. The molecule has 1 aromatic carbocycles. The van der Waals surface area contributed by atoms with Gasteiger partial charge in [-0.3, -0.25) is 15.3 Å². The number of hydrogen-bond acceptors (Lipinski definition) is 5. The lowest BCUT2D eigenvalue weighted by atomic mass is 9.99. The fraction of sp³-hybridized carbons (Fsp3) is 0.375. The van der Waals surface area contributed by atoms with Crippen LogP contribution in [0.5, 0.6) is 0 Å². The molecule has 0 saturated heterocycles. The molecule has 2 aromatic rings. The summed E-state index contributed by atoms with van der Waals surface area (Å²) in [7, 11) is 0. The van der Waals surface area contributed by atoms with Gasteiger partial charge in [0.05, 0.1) is 6.04 Å². The lowest BCUT2D eigenvalue weighted by Gasteiger charge is -2.20. The van der Waals surface area contributed by atoms with E-state index < -0.39 is 24.0 Å². The Balaban J connectivity index is 2.17. The molecule has 0 spiro atoms. The fourth-order valence-corrected chi connectivity index (χ4v) is 2.25. The second-order valence-corrected chi connectivity index (χ2v) is 5.65. The third-order valence-electron chi connectivity index (χ3n) is 3.30. The maximum atomic E-state index is 12.3. The average molecular weight is 304 g/mol. The standard InChI is InChI=1S/C16H20N2O4/c1-9(2)7-11(14(19)15(17)20)18-16(21)13-8-10-5-3-4-6-12(10)22-13/h3-6,8-9,11,15,20H,7,17H2,1-2H3,(H,18,21). The van der Waals surface area contributed by atoms with Crippen molar-refractivity contribution in [2.45, 2.75) is 32.5 Å². The summed E-state index contributed by atoms with van der Waals surface area (Å²) in [4.78, 5) is 24.2. The molecule has 6 heteroatoms. The van der Waals surface area contributed by atoms with Crippen LogP contribution in [0.3, 0.4) is 0 Å². The van der Waals surface area contributed by atoms with Crippen LogP contribution in [0.1, 0.15) is 30.8 Å². The first kappa shape index (κ1) is 16.2. The van der Waals surface area contributed by atoms with Gasteiger partial charge < -0.3 is 14.8 Å². The van der Waals surface area contributed by atoms with Crippen molar-refractivity contribution >= 4 is 22.7 Å². The first-order valence-corrected chi connectivity index (χ1v) is 7.15. The van der Waals surface area contributed by atoms with Crippen LogP contribution in [0, 0.1) is 5.92 Å². The molecule has 2 atom stereocenters. The number of nitrogens with one attached hydrogen (secondary N) is 1. The molecule has 1 amide bonds. The van der Waals surface area contributed by atoms with Gasteiger partial charge >= 0.3 is 0 Å². The zero-order valence-electron chi connectivity index (χ0n) is 12.6. The Bertz CT molecular complexity index is 643. The van der Waals surface area contributed by atoms with Crippen LogP contribution in [-0.2, 0) is 4.79 Å². The Kier molecular flexibility index (Phi) is 4.95. The maximum Gasteiger partial charge on any atom is 0.287 e. The minimum Gasteiger partial charge on any atom is -0.451 e. The molecule has 0 fully saturated rings. The van der Waals surface area contributed by atoms with Gasteiger partial charge in [-0.05, 0) is 24.5 Å². The highest BCUT2D eigenvalue weighted by Crippen LogP contribution is 2.19. The number of aliphatic hydroxyl groups excluding tert-OH is 1. The van der Waals surface area contributed by atoms with Gasteiger partial charge in [-0.25, -0.2) is 0 Å². The summed E-state index contributed by atoms with van der Waals surface area (Å²) in [5, 5.41) is 12.6. The van der Waals surface area contributed by atoms with Crippen molar-refractivity contribution in [2.24, 2.45) is 11.7 Å². The highest BCUT2D eigenvalue weighted by atomic mass is 16.3. The van der Waals surface area contributed by atoms with Crippen molar-refractivity contribution in [3.8, 4) is 0 Å². The number of benzene rings is 1. The highest BCUT2D eigenvalue weighted by Gasteiger charge is 2.27. The Hall–Kier alpha value is -2.18. The van der Waals surface area contributed by atoms with E-state index in [9.17, 15) is 14.7 Å². The average Bonchev–Trinajstić information content (AvgIpc) is 2.89. The number of amides is 1. The summed E-state index contributed by atoms with van der Waals surface area (Å²) in [6.07, 6.45) is -1.22. The van der Waals surface area contributed by atoms with Crippen molar-refractivity contribution in [1.82, 2.24) is 5.32 Å². The van der Waals surface area contributed by atoms with E-state index in [0.29, 0.717) is 12.0 Å². The minimum absolute atomic E-state index is 0.120. The number of hydrogen-bond donors (Lipinski definition) is 3. The lowest BCUT2D eigenvalue weighted by Crippen LogP contribution is -2.48. The molecule has 118 valence electrons.